The molecule has 0 radical (unpaired) electrons. The highest BCUT2D eigenvalue weighted by molar-refractivity contribution is 7.99. The Balaban J connectivity index is 1.69. The van der Waals surface area contributed by atoms with Crippen LogP contribution >= 0.6 is 23.4 Å². The van der Waals surface area contributed by atoms with Crippen molar-refractivity contribution in [2.45, 2.75) is 23.6 Å². The Hall–Kier alpha value is -2.48. The highest BCUT2D eigenvalue weighted by atomic mass is 35.5. The minimum atomic E-state index is -3.96. The van der Waals surface area contributed by atoms with Crippen molar-refractivity contribution in [2.24, 2.45) is 0 Å². The molecule has 0 aliphatic heterocycles. The number of carbonyl (C=O) groups excluding carboxylic acids is 1. The van der Waals surface area contributed by atoms with Crippen LogP contribution in [-0.2, 0) is 10.0 Å². The molecule has 3 aromatic rings. The van der Waals surface area contributed by atoms with Gasteiger partial charge in [0.05, 0.1) is 5.02 Å². The first kappa shape index (κ1) is 23.2. The summed E-state index contributed by atoms with van der Waals surface area (Å²) < 4.78 is 28.4. The number of hydrogen-bond acceptors (Lipinski definition) is 4. The first-order chi connectivity index (χ1) is 14.7. The van der Waals surface area contributed by atoms with Gasteiger partial charge < -0.3 is 5.32 Å². The molecule has 0 aliphatic rings. The van der Waals surface area contributed by atoms with Crippen molar-refractivity contribution in [1.29, 1.82) is 0 Å². The molecule has 0 saturated carbocycles. The van der Waals surface area contributed by atoms with Gasteiger partial charge >= 0.3 is 0 Å². The molecule has 5 nitrogen and oxygen atoms in total. The Labute approximate surface area is 192 Å². The molecule has 0 heterocycles. The number of hydrogen-bond donors (Lipinski definition) is 2. The predicted octanol–water partition coefficient (Wildman–Crippen LogP) is 5.28. The van der Waals surface area contributed by atoms with Crippen LogP contribution in [0.3, 0.4) is 0 Å². The minimum absolute atomic E-state index is 0.0491. The van der Waals surface area contributed by atoms with Gasteiger partial charge in [-0.2, -0.15) is 0 Å². The second kappa shape index (κ2) is 10.2. The monoisotopic (exact) mass is 474 g/mol. The third-order valence-electron chi connectivity index (χ3n) is 4.36. The van der Waals surface area contributed by atoms with E-state index in [1.165, 1.54) is 18.2 Å². The summed E-state index contributed by atoms with van der Waals surface area (Å²) in [6.45, 7) is 4.22. The predicted molar refractivity (Wildman–Crippen MR) is 128 cm³/mol. The Morgan fingerprint density at radius 2 is 1.65 bits per heavy atom. The van der Waals surface area contributed by atoms with Gasteiger partial charge in [0.15, 0.2) is 0 Å². The summed E-state index contributed by atoms with van der Waals surface area (Å²) >= 11 is 7.78. The Kier molecular flexibility index (Phi) is 7.64. The number of amides is 1. The standard InChI is InChI=1S/C23H23ClN2O3S2/c1-16-12-17(2)14-19(13-16)26-31(28,29)22-15-18(8-9-21(22)24)23(27)25-10-11-30-20-6-4-3-5-7-20/h3-9,12-15,26H,10-11H2,1-2H3,(H,25,27). The van der Waals surface area contributed by atoms with Crippen molar-refractivity contribution in [3.63, 3.8) is 0 Å². The average molecular weight is 475 g/mol. The van der Waals surface area contributed by atoms with E-state index in [0.29, 0.717) is 18.0 Å². The van der Waals surface area contributed by atoms with Crippen LogP contribution in [0.25, 0.3) is 0 Å². The van der Waals surface area contributed by atoms with E-state index in [2.05, 4.69) is 10.0 Å². The number of anilines is 1. The van der Waals surface area contributed by atoms with Crippen LogP contribution in [0, 0.1) is 13.8 Å². The highest BCUT2D eigenvalue weighted by Crippen LogP contribution is 2.26. The van der Waals surface area contributed by atoms with E-state index < -0.39 is 10.0 Å². The lowest BCUT2D eigenvalue weighted by molar-refractivity contribution is 0.0956. The number of carbonyl (C=O) groups is 1. The van der Waals surface area contributed by atoms with Crippen LogP contribution in [0.5, 0.6) is 0 Å². The second-order valence-electron chi connectivity index (χ2n) is 7.04. The number of halogens is 1. The van der Waals surface area contributed by atoms with Gasteiger partial charge in [-0.15, -0.1) is 11.8 Å². The third-order valence-corrected chi connectivity index (χ3v) is 7.23. The molecule has 31 heavy (non-hydrogen) atoms. The molecule has 0 bridgehead atoms. The molecule has 0 saturated heterocycles. The number of thioether (sulfide) groups is 1. The molecule has 0 fully saturated rings. The summed E-state index contributed by atoms with van der Waals surface area (Å²) in [5, 5.41) is 2.86. The lowest BCUT2D eigenvalue weighted by Crippen LogP contribution is -2.26. The molecule has 1 amide bonds. The summed E-state index contributed by atoms with van der Waals surface area (Å²) in [4.78, 5) is 13.5. The zero-order chi connectivity index (χ0) is 22.4. The normalized spacial score (nSPS) is 11.2. The molecule has 8 heteroatoms. The van der Waals surface area contributed by atoms with Gasteiger partial charge in [-0.3, -0.25) is 9.52 Å². The fourth-order valence-electron chi connectivity index (χ4n) is 3.05. The van der Waals surface area contributed by atoms with Gasteiger partial charge in [0.25, 0.3) is 15.9 Å². The molecular weight excluding hydrogens is 452 g/mol. The first-order valence-corrected chi connectivity index (χ1v) is 12.5. The maximum Gasteiger partial charge on any atom is 0.263 e. The Morgan fingerprint density at radius 1 is 0.968 bits per heavy atom. The van der Waals surface area contributed by atoms with Crippen LogP contribution in [0.1, 0.15) is 21.5 Å². The maximum atomic E-state index is 12.9. The lowest BCUT2D eigenvalue weighted by atomic mass is 10.1. The summed E-state index contributed by atoms with van der Waals surface area (Å²) in [6, 6.07) is 19.5. The van der Waals surface area contributed by atoms with Crippen LogP contribution < -0.4 is 10.0 Å². The molecule has 0 atom stereocenters. The van der Waals surface area contributed by atoms with Crippen molar-refractivity contribution in [3.05, 3.63) is 88.4 Å². The van der Waals surface area contributed by atoms with Gasteiger partial charge in [0.2, 0.25) is 0 Å². The van der Waals surface area contributed by atoms with Crippen molar-refractivity contribution >= 4 is 45.0 Å². The van der Waals surface area contributed by atoms with Crippen molar-refractivity contribution in [1.82, 2.24) is 5.32 Å². The highest BCUT2D eigenvalue weighted by Gasteiger charge is 2.20. The summed E-state index contributed by atoms with van der Waals surface area (Å²) in [6.07, 6.45) is 0. The van der Waals surface area contributed by atoms with E-state index in [0.717, 1.165) is 16.0 Å². The molecule has 3 rings (SSSR count). The summed E-state index contributed by atoms with van der Waals surface area (Å²) in [5.74, 6) is 0.344. The van der Waals surface area contributed by atoms with E-state index in [1.54, 1.807) is 23.9 Å². The molecule has 162 valence electrons. The smallest absolute Gasteiger partial charge is 0.263 e. The van der Waals surface area contributed by atoms with E-state index in [-0.39, 0.29) is 21.4 Å². The molecule has 0 aromatic heterocycles. The fourth-order valence-corrected chi connectivity index (χ4v) is 5.40. The number of rotatable bonds is 8. The third kappa shape index (κ3) is 6.50. The van der Waals surface area contributed by atoms with Crippen LogP contribution in [0.4, 0.5) is 5.69 Å². The SMILES string of the molecule is Cc1cc(C)cc(NS(=O)(=O)c2cc(C(=O)NCCSc3ccccc3)ccc2Cl)c1. The molecular formula is C23H23ClN2O3S2. The van der Waals surface area contributed by atoms with Crippen LogP contribution in [0.15, 0.2) is 76.5 Å². The van der Waals surface area contributed by atoms with Crippen LogP contribution in [-0.4, -0.2) is 26.6 Å². The minimum Gasteiger partial charge on any atom is -0.351 e. The molecule has 2 N–H and O–H groups in total. The second-order valence-corrected chi connectivity index (χ2v) is 10.3. The van der Waals surface area contributed by atoms with Crippen molar-refractivity contribution in [3.8, 4) is 0 Å². The summed E-state index contributed by atoms with van der Waals surface area (Å²) in [7, 11) is -3.96. The number of aryl methyl sites for hydroxylation is 2. The largest absolute Gasteiger partial charge is 0.351 e. The summed E-state index contributed by atoms with van der Waals surface area (Å²) in [5.41, 5.74) is 2.55. The van der Waals surface area contributed by atoms with Gasteiger partial charge in [-0.1, -0.05) is 35.9 Å². The maximum absolute atomic E-state index is 12.9. The van der Waals surface area contributed by atoms with Gasteiger partial charge in [0.1, 0.15) is 4.90 Å². The van der Waals surface area contributed by atoms with E-state index in [4.69, 9.17) is 11.6 Å². The zero-order valence-corrected chi connectivity index (χ0v) is 19.6. The Bertz CT molecular complexity index is 1160. The molecule has 0 aliphatic carbocycles. The molecule has 3 aromatic carbocycles. The van der Waals surface area contributed by atoms with Gasteiger partial charge in [-0.25, -0.2) is 8.42 Å². The van der Waals surface area contributed by atoms with Crippen molar-refractivity contribution < 1.29 is 13.2 Å². The zero-order valence-electron chi connectivity index (χ0n) is 17.2. The van der Waals surface area contributed by atoms with Crippen molar-refractivity contribution in [2.75, 3.05) is 17.0 Å². The van der Waals surface area contributed by atoms with Crippen LogP contribution in [0.2, 0.25) is 5.02 Å². The van der Waals surface area contributed by atoms with Gasteiger partial charge in [0, 0.05) is 28.4 Å². The van der Waals surface area contributed by atoms with E-state index in [9.17, 15) is 13.2 Å². The first-order valence-electron chi connectivity index (χ1n) is 9.61. The number of nitrogens with one attached hydrogen (secondary N) is 2. The fraction of sp³-hybridized carbons (Fsp3) is 0.174. The van der Waals surface area contributed by atoms with E-state index in [1.807, 2.05) is 50.2 Å². The number of sulfonamides is 1. The average Bonchev–Trinajstić information content (AvgIpc) is 2.71. The quantitative estimate of drug-likeness (QED) is 0.344. The lowest BCUT2D eigenvalue weighted by Gasteiger charge is -2.12. The van der Waals surface area contributed by atoms with Gasteiger partial charge in [-0.05, 0) is 67.4 Å². The Morgan fingerprint density at radius 3 is 2.32 bits per heavy atom. The molecule has 0 spiro atoms. The molecule has 0 unspecified atom stereocenters. The topological polar surface area (TPSA) is 75.3 Å². The number of benzene rings is 3. The van der Waals surface area contributed by atoms with E-state index >= 15 is 0 Å².